The van der Waals surface area contributed by atoms with Gasteiger partial charge in [-0.25, -0.2) is 8.42 Å². The van der Waals surface area contributed by atoms with Crippen LogP contribution in [-0.4, -0.2) is 32.0 Å². The predicted molar refractivity (Wildman–Crippen MR) is 63.7 cm³/mol. The van der Waals surface area contributed by atoms with E-state index in [0.717, 1.165) is 4.47 Å². The molecule has 0 atom stereocenters. The Balaban J connectivity index is 2.72. The Bertz CT molecular complexity index is 635. The highest BCUT2D eigenvalue weighted by Crippen LogP contribution is 2.23. The Kier molecular flexibility index (Phi) is 3.10. The molecule has 0 amide bonds. The summed E-state index contributed by atoms with van der Waals surface area (Å²) in [7, 11) is -0.986. The Morgan fingerprint density at radius 3 is 2.71 bits per heavy atom. The van der Waals surface area contributed by atoms with Crippen molar-refractivity contribution >= 4 is 20.9 Å². The molecule has 17 heavy (non-hydrogen) atoms. The topological polar surface area (TPSA) is 59.5 Å². The van der Waals surface area contributed by atoms with Crippen LogP contribution < -0.4 is 0 Å². The summed E-state index contributed by atoms with van der Waals surface area (Å²) in [5.74, 6) is 0. The summed E-state index contributed by atoms with van der Waals surface area (Å²) in [4.78, 5) is 9.05. The first-order valence-corrected chi connectivity index (χ1v) is 6.38. The zero-order chi connectivity index (χ0) is 12.5. The first kappa shape index (κ1) is 12.0. The largest absolute Gasteiger partial charge is 0.288 e. The lowest BCUT2D eigenvalue weighted by atomic mass is 10.2. The maximum absolute atomic E-state index is 12.2. The van der Waals surface area contributed by atoms with Crippen molar-refractivity contribution in [3.05, 3.63) is 36.5 Å². The molecule has 5 nitrogen and oxygen atoms in total. The Labute approximate surface area is 99.7 Å². The van der Waals surface area contributed by atoms with Crippen LogP contribution in [0.1, 0.15) is 0 Å². The molecule has 0 saturated heterocycles. The van der Waals surface area contributed by atoms with E-state index < -0.39 is 10.0 Å². The van der Waals surface area contributed by atoms with Crippen LogP contribution in [-0.2, 0) is 14.9 Å². The molecule has 2 aromatic rings. The van der Waals surface area contributed by atoms with Crippen molar-refractivity contribution in [1.82, 2.24) is 9.45 Å². The fraction of sp³-hybridized carbons (Fsp3) is 0.182. The van der Waals surface area contributed by atoms with Gasteiger partial charge in [-0.2, -0.15) is 0 Å². The van der Waals surface area contributed by atoms with Gasteiger partial charge < -0.3 is 0 Å². The van der Waals surface area contributed by atoms with E-state index in [1.807, 2.05) is 0 Å². The molecule has 0 bridgehead atoms. The summed E-state index contributed by atoms with van der Waals surface area (Å²) >= 11 is 0. The zero-order valence-corrected chi connectivity index (χ0v) is 10.3. The number of hydrogen-bond donors (Lipinski definition) is 0. The van der Waals surface area contributed by atoms with E-state index in [9.17, 15) is 8.42 Å². The quantitative estimate of drug-likeness (QED) is 0.775. The van der Waals surface area contributed by atoms with E-state index in [2.05, 4.69) is 4.98 Å². The number of fused-ring (bicyclic) bond motifs is 1. The van der Waals surface area contributed by atoms with Gasteiger partial charge in [0.05, 0.1) is 17.5 Å². The van der Waals surface area contributed by atoms with Crippen LogP contribution in [0.15, 0.2) is 41.4 Å². The van der Waals surface area contributed by atoms with E-state index in [0.29, 0.717) is 10.9 Å². The lowest BCUT2D eigenvalue weighted by molar-refractivity contribution is -0.0257. The van der Waals surface area contributed by atoms with Crippen molar-refractivity contribution in [2.24, 2.45) is 0 Å². The van der Waals surface area contributed by atoms with Crippen molar-refractivity contribution in [3.63, 3.8) is 0 Å². The van der Waals surface area contributed by atoms with Gasteiger partial charge in [-0.05, 0) is 24.3 Å². The number of pyridine rings is 1. The predicted octanol–water partition coefficient (Wildman–Crippen LogP) is 1.42. The van der Waals surface area contributed by atoms with E-state index >= 15 is 0 Å². The molecule has 0 unspecified atom stereocenters. The van der Waals surface area contributed by atoms with Crippen LogP contribution in [0.25, 0.3) is 10.9 Å². The molecule has 0 fully saturated rings. The van der Waals surface area contributed by atoms with Gasteiger partial charge in [0.15, 0.2) is 0 Å². The summed E-state index contributed by atoms with van der Waals surface area (Å²) in [5, 5.41) is 0.582. The van der Waals surface area contributed by atoms with Gasteiger partial charge in [-0.15, -0.1) is 0 Å². The van der Waals surface area contributed by atoms with Crippen LogP contribution in [0.3, 0.4) is 0 Å². The first-order chi connectivity index (χ1) is 8.07. The average Bonchev–Trinajstić information content (AvgIpc) is 2.37. The Morgan fingerprint density at radius 2 is 2.00 bits per heavy atom. The molecule has 1 aromatic carbocycles. The van der Waals surface area contributed by atoms with Crippen LogP contribution in [0.2, 0.25) is 0 Å². The Morgan fingerprint density at radius 1 is 1.24 bits per heavy atom. The number of hydroxylamine groups is 1. The van der Waals surface area contributed by atoms with Crippen LogP contribution in [0.4, 0.5) is 0 Å². The number of hydrogen-bond acceptors (Lipinski definition) is 4. The molecule has 1 aromatic heterocycles. The molecular formula is C11H12N2O3S. The molecule has 0 aliphatic carbocycles. The van der Waals surface area contributed by atoms with Crippen molar-refractivity contribution < 1.29 is 13.3 Å². The third-order valence-corrected chi connectivity index (χ3v) is 4.22. The normalized spacial score (nSPS) is 12.2. The van der Waals surface area contributed by atoms with E-state index in [1.54, 1.807) is 30.5 Å². The van der Waals surface area contributed by atoms with Crippen LogP contribution >= 0.6 is 0 Å². The molecule has 0 aliphatic heterocycles. The highest BCUT2D eigenvalue weighted by Gasteiger charge is 2.22. The van der Waals surface area contributed by atoms with Crippen molar-refractivity contribution in [1.29, 1.82) is 0 Å². The molecule has 6 heteroatoms. The van der Waals surface area contributed by atoms with E-state index in [1.165, 1.54) is 20.2 Å². The third-order valence-electron chi connectivity index (χ3n) is 2.48. The minimum absolute atomic E-state index is 0.187. The summed E-state index contributed by atoms with van der Waals surface area (Å²) in [6.07, 6.45) is 1.62. The fourth-order valence-corrected chi connectivity index (χ4v) is 2.71. The molecule has 90 valence electrons. The maximum atomic E-state index is 12.2. The highest BCUT2D eigenvalue weighted by molar-refractivity contribution is 7.89. The van der Waals surface area contributed by atoms with Gasteiger partial charge in [-0.1, -0.05) is 10.5 Å². The smallest absolute Gasteiger partial charge is 0.265 e. The number of rotatable bonds is 3. The summed E-state index contributed by atoms with van der Waals surface area (Å²) in [6, 6.07) is 8.38. The molecule has 0 aliphatic rings. The zero-order valence-electron chi connectivity index (χ0n) is 9.49. The Hall–Kier alpha value is -1.50. The minimum Gasteiger partial charge on any atom is -0.288 e. The first-order valence-electron chi connectivity index (χ1n) is 4.94. The average molecular weight is 252 g/mol. The van der Waals surface area contributed by atoms with Gasteiger partial charge in [0.25, 0.3) is 10.0 Å². The molecule has 0 radical (unpaired) electrons. The van der Waals surface area contributed by atoms with Gasteiger partial charge in [0.1, 0.15) is 0 Å². The molecular weight excluding hydrogens is 240 g/mol. The van der Waals surface area contributed by atoms with E-state index in [-0.39, 0.29) is 4.90 Å². The van der Waals surface area contributed by atoms with Gasteiger partial charge >= 0.3 is 0 Å². The monoisotopic (exact) mass is 252 g/mol. The lowest BCUT2D eigenvalue weighted by Gasteiger charge is -2.15. The second-order valence-corrected chi connectivity index (χ2v) is 5.33. The number of aromatic nitrogens is 1. The van der Waals surface area contributed by atoms with Gasteiger partial charge in [0, 0.05) is 18.6 Å². The molecule has 1 heterocycles. The number of nitrogens with zero attached hydrogens (tertiary/aromatic N) is 2. The molecule has 2 rings (SSSR count). The number of sulfonamides is 1. The second-order valence-electron chi connectivity index (χ2n) is 3.42. The lowest BCUT2D eigenvalue weighted by Crippen LogP contribution is -2.25. The van der Waals surface area contributed by atoms with E-state index in [4.69, 9.17) is 4.84 Å². The highest BCUT2D eigenvalue weighted by atomic mass is 32.2. The summed E-state index contributed by atoms with van der Waals surface area (Å²) in [6.45, 7) is 0. The molecule has 0 spiro atoms. The van der Waals surface area contributed by atoms with Crippen LogP contribution in [0.5, 0.6) is 0 Å². The van der Waals surface area contributed by atoms with Gasteiger partial charge in [-0.3, -0.25) is 9.82 Å². The summed E-state index contributed by atoms with van der Waals surface area (Å²) < 4.78 is 25.1. The fourth-order valence-electron chi connectivity index (χ4n) is 1.54. The van der Waals surface area contributed by atoms with Crippen molar-refractivity contribution in [2.75, 3.05) is 14.2 Å². The van der Waals surface area contributed by atoms with Crippen molar-refractivity contribution in [2.45, 2.75) is 4.90 Å². The van der Waals surface area contributed by atoms with Crippen LogP contribution in [0, 0.1) is 0 Å². The standard InChI is InChI=1S/C11H12N2O3S/c1-13(16-2)17(14,15)11-7-3-6-10-9(11)5-4-8-12-10/h3-8H,1-2H3. The minimum atomic E-state index is -3.64. The van der Waals surface area contributed by atoms with Gasteiger partial charge in [0.2, 0.25) is 0 Å². The second kappa shape index (κ2) is 4.40. The molecule has 0 N–H and O–H groups in total. The molecule has 0 saturated carbocycles. The SMILES string of the molecule is CON(C)S(=O)(=O)c1cccc2ncccc12. The maximum Gasteiger partial charge on any atom is 0.265 e. The number of benzene rings is 1. The van der Waals surface area contributed by atoms with Crippen molar-refractivity contribution in [3.8, 4) is 0 Å². The third kappa shape index (κ3) is 2.02. The summed E-state index contributed by atoms with van der Waals surface area (Å²) in [5.41, 5.74) is 0.637.